The Bertz CT molecular complexity index is 417. The first-order valence-corrected chi connectivity index (χ1v) is 4.56. The molecule has 5 heteroatoms. The number of rotatable bonds is 1. The molecule has 0 saturated carbocycles. The van der Waals surface area contributed by atoms with Crippen LogP contribution in [-0.4, -0.2) is 11.0 Å². The zero-order valence-corrected chi connectivity index (χ0v) is 8.15. The van der Waals surface area contributed by atoms with Gasteiger partial charge in [-0.25, -0.2) is 0 Å². The molecule has 1 heterocycles. The second-order valence-corrected chi connectivity index (χ2v) is 3.49. The maximum Gasteiger partial charge on any atom is 0.228 e. The number of anilines is 2. The van der Waals surface area contributed by atoms with Gasteiger partial charge in [0.15, 0.2) is 5.11 Å². The van der Waals surface area contributed by atoms with Crippen molar-refractivity contribution in [1.29, 1.82) is 0 Å². The van der Waals surface area contributed by atoms with Gasteiger partial charge in [-0.3, -0.25) is 4.79 Å². The van der Waals surface area contributed by atoms with E-state index in [9.17, 15) is 4.79 Å². The van der Waals surface area contributed by atoms with Crippen LogP contribution in [0.5, 0.6) is 0 Å². The molecule has 4 nitrogen and oxygen atoms in total. The van der Waals surface area contributed by atoms with Crippen LogP contribution in [0.4, 0.5) is 11.4 Å². The minimum Gasteiger partial charge on any atom is -0.376 e. The van der Waals surface area contributed by atoms with Gasteiger partial charge in [-0.15, -0.1) is 0 Å². The molecule has 0 spiro atoms. The summed E-state index contributed by atoms with van der Waals surface area (Å²) >= 11 is 4.74. The maximum atomic E-state index is 11.1. The van der Waals surface area contributed by atoms with E-state index >= 15 is 0 Å². The van der Waals surface area contributed by atoms with Crippen LogP contribution in [0.3, 0.4) is 0 Å². The first-order valence-electron chi connectivity index (χ1n) is 4.15. The summed E-state index contributed by atoms with van der Waals surface area (Å²) < 4.78 is 0. The minimum atomic E-state index is -0.00260. The molecule has 1 aliphatic heterocycles. The van der Waals surface area contributed by atoms with E-state index in [0.717, 1.165) is 16.9 Å². The Morgan fingerprint density at radius 1 is 1.57 bits per heavy atom. The molecule has 4 N–H and O–H groups in total. The third kappa shape index (κ3) is 1.54. The summed E-state index contributed by atoms with van der Waals surface area (Å²) in [5, 5.41) is 5.80. The van der Waals surface area contributed by atoms with Gasteiger partial charge in [0, 0.05) is 16.9 Å². The highest BCUT2D eigenvalue weighted by atomic mass is 32.1. The van der Waals surface area contributed by atoms with Crippen molar-refractivity contribution in [2.75, 3.05) is 10.6 Å². The number of hydrogen-bond acceptors (Lipinski definition) is 2. The Hall–Kier alpha value is -1.62. The molecule has 0 bridgehead atoms. The van der Waals surface area contributed by atoms with Crippen molar-refractivity contribution in [3.05, 3.63) is 23.8 Å². The lowest BCUT2D eigenvalue weighted by Gasteiger charge is -2.07. The van der Waals surface area contributed by atoms with E-state index < -0.39 is 0 Å². The van der Waals surface area contributed by atoms with Crippen molar-refractivity contribution >= 4 is 34.6 Å². The number of nitrogens with two attached hydrogens (primary N) is 1. The number of fused-ring (bicyclic) bond motifs is 1. The molecule has 0 radical (unpaired) electrons. The van der Waals surface area contributed by atoms with Crippen molar-refractivity contribution in [2.24, 2.45) is 5.73 Å². The van der Waals surface area contributed by atoms with Crippen LogP contribution in [-0.2, 0) is 11.2 Å². The fourth-order valence-electron chi connectivity index (χ4n) is 1.50. The molecule has 1 aliphatic rings. The second-order valence-electron chi connectivity index (χ2n) is 3.05. The number of amides is 1. The van der Waals surface area contributed by atoms with E-state index in [4.69, 9.17) is 18.0 Å². The predicted molar refractivity (Wildman–Crippen MR) is 59.2 cm³/mol. The Labute approximate surface area is 86.5 Å². The standard InChI is InChI=1S/C9H9N3OS/c10-9(14)12-7-3-1-2-6-5(7)4-8(13)11-6/h1-3H,4H2,(H,11,13)(H3,10,12,14). The molecule has 14 heavy (non-hydrogen) atoms. The summed E-state index contributed by atoms with van der Waals surface area (Å²) in [5.41, 5.74) is 7.92. The number of nitrogens with one attached hydrogen (secondary N) is 2. The zero-order chi connectivity index (χ0) is 10.1. The van der Waals surface area contributed by atoms with Gasteiger partial charge in [-0.1, -0.05) is 6.07 Å². The highest BCUT2D eigenvalue weighted by molar-refractivity contribution is 7.80. The fourth-order valence-corrected chi connectivity index (χ4v) is 1.61. The van der Waals surface area contributed by atoms with Crippen LogP contribution >= 0.6 is 12.2 Å². The summed E-state index contributed by atoms with van der Waals surface area (Å²) in [7, 11) is 0. The van der Waals surface area contributed by atoms with Gasteiger partial charge in [0.1, 0.15) is 0 Å². The number of carbonyl (C=O) groups excluding carboxylic acids is 1. The van der Waals surface area contributed by atoms with Crippen molar-refractivity contribution in [2.45, 2.75) is 6.42 Å². The Balaban J connectivity index is 2.39. The number of carbonyl (C=O) groups is 1. The highest BCUT2D eigenvalue weighted by Gasteiger charge is 2.20. The second kappa shape index (κ2) is 3.26. The Kier molecular flexibility index (Phi) is 2.09. The maximum absolute atomic E-state index is 11.1. The van der Waals surface area contributed by atoms with Gasteiger partial charge in [-0.05, 0) is 24.4 Å². The van der Waals surface area contributed by atoms with Crippen molar-refractivity contribution in [1.82, 2.24) is 0 Å². The monoisotopic (exact) mass is 207 g/mol. The third-order valence-corrected chi connectivity index (χ3v) is 2.15. The van der Waals surface area contributed by atoms with Gasteiger partial charge in [0.2, 0.25) is 5.91 Å². The normalized spacial score (nSPS) is 13.3. The quantitative estimate of drug-likeness (QED) is 0.597. The third-order valence-electron chi connectivity index (χ3n) is 2.05. The average molecular weight is 207 g/mol. The lowest BCUT2D eigenvalue weighted by atomic mass is 10.1. The average Bonchev–Trinajstić information content (AvgIpc) is 2.45. The van der Waals surface area contributed by atoms with Gasteiger partial charge in [-0.2, -0.15) is 0 Å². The molecule has 0 unspecified atom stereocenters. The fraction of sp³-hybridized carbons (Fsp3) is 0.111. The molecule has 72 valence electrons. The lowest BCUT2D eigenvalue weighted by Crippen LogP contribution is -2.19. The van der Waals surface area contributed by atoms with Gasteiger partial charge < -0.3 is 16.4 Å². The van der Waals surface area contributed by atoms with Crippen LogP contribution in [0.25, 0.3) is 0 Å². The first kappa shape index (κ1) is 8.96. The van der Waals surface area contributed by atoms with E-state index in [-0.39, 0.29) is 11.0 Å². The summed E-state index contributed by atoms with van der Waals surface area (Å²) in [6, 6.07) is 5.54. The molecule has 2 rings (SSSR count). The molecule has 0 saturated heterocycles. The van der Waals surface area contributed by atoms with Crippen LogP contribution in [0.1, 0.15) is 5.56 Å². The molecule has 0 fully saturated rings. The summed E-state index contributed by atoms with van der Waals surface area (Å²) in [6.07, 6.45) is 0.376. The summed E-state index contributed by atoms with van der Waals surface area (Å²) in [5.74, 6) is -0.00260. The largest absolute Gasteiger partial charge is 0.376 e. The van der Waals surface area contributed by atoms with E-state index in [1.54, 1.807) is 0 Å². The zero-order valence-electron chi connectivity index (χ0n) is 7.33. The molecule has 1 amide bonds. The van der Waals surface area contributed by atoms with Gasteiger partial charge >= 0.3 is 0 Å². The van der Waals surface area contributed by atoms with Crippen LogP contribution in [0, 0.1) is 0 Å². The number of hydrogen-bond donors (Lipinski definition) is 3. The number of thiocarbonyl (C=S) groups is 1. The van der Waals surface area contributed by atoms with E-state index in [1.807, 2.05) is 18.2 Å². The smallest absolute Gasteiger partial charge is 0.228 e. The first-order chi connectivity index (χ1) is 6.66. The predicted octanol–water partition coefficient (Wildman–Crippen LogP) is 0.837. The topological polar surface area (TPSA) is 67.1 Å². The molecule has 0 aliphatic carbocycles. The SMILES string of the molecule is NC(=S)Nc1cccc2c1CC(=O)N2. The summed E-state index contributed by atoms with van der Waals surface area (Å²) in [4.78, 5) is 11.1. The van der Waals surface area contributed by atoms with Crippen LogP contribution in [0.2, 0.25) is 0 Å². The van der Waals surface area contributed by atoms with Crippen molar-refractivity contribution in [3.8, 4) is 0 Å². The minimum absolute atomic E-state index is 0.00260. The van der Waals surface area contributed by atoms with Crippen LogP contribution in [0.15, 0.2) is 18.2 Å². The lowest BCUT2D eigenvalue weighted by molar-refractivity contribution is -0.115. The molecular formula is C9H9N3OS. The van der Waals surface area contributed by atoms with Gasteiger partial charge in [0.25, 0.3) is 0 Å². The molecule has 1 aromatic carbocycles. The van der Waals surface area contributed by atoms with E-state index in [0.29, 0.717) is 6.42 Å². The summed E-state index contributed by atoms with van der Waals surface area (Å²) in [6.45, 7) is 0. The molecule has 1 aromatic rings. The Morgan fingerprint density at radius 3 is 3.07 bits per heavy atom. The van der Waals surface area contributed by atoms with Crippen LogP contribution < -0.4 is 16.4 Å². The highest BCUT2D eigenvalue weighted by Crippen LogP contribution is 2.29. The van der Waals surface area contributed by atoms with Crippen molar-refractivity contribution in [3.63, 3.8) is 0 Å². The Morgan fingerprint density at radius 2 is 2.36 bits per heavy atom. The molecule has 0 atom stereocenters. The van der Waals surface area contributed by atoms with E-state index in [1.165, 1.54) is 0 Å². The molecular weight excluding hydrogens is 198 g/mol. The van der Waals surface area contributed by atoms with E-state index in [2.05, 4.69) is 10.6 Å². The number of benzene rings is 1. The molecule has 0 aromatic heterocycles. The van der Waals surface area contributed by atoms with Gasteiger partial charge in [0.05, 0.1) is 6.42 Å². The van der Waals surface area contributed by atoms with Crippen molar-refractivity contribution < 1.29 is 4.79 Å².